The second kappa shape index (κ2) is 8.11. The van der Waals surface area contributed by atoms with E-state index in [-0.39, 0.29) is 18.0 Å². The van der Waals surface area contributed by atoms with Crippen molar-refractivity contribution in [1.29, 1.82) is 5.26 Å². The van der Waals surface area contributed by atoms with E-state index in [1.54, 1.807) is 11.8 Å². The summed E-state index contributed by atoms with van der Waals surface area (Å²) in [6.07, 6.45) is 1.27. The molecule has 1 aliphatic heterocycles. The number of nitrogens with zero attached hydrogens (tertiary/aromatic N) is 2. The molecule has 0 aliphatic carbocycles. The molecule has 1 rings (SSSR count). The molecule has 7 heteroatoms. The molecule has 1 heterocycles. The number of hydrogen-bond donors (Lipinski definition) is 2. The number of ether oxygens (including phenoxy) is 1. The number of amides is 1. The van der Waals surface area contributed by atoms with E-state index >= 15 is 0 Å². The molecule has 1 fully saturated rings. The highest BCUT2D eigenvalue weighted by atomic mass is 16.5. The summed E-state index contributed by atoms with van der Waals surface area (Å²) in [7, 11) is 0. The van der Waals surface area contributed by atoms with Crippen LogP contribution in [0.4, 0.5) is 0 Å². The van der Waals surface area contributed by atoms with Crippen LogP contribution in [-0.4, -0.2) is 56.1 Å². The number of carbonyl (C=O) groups excluding carboxylic acids is 2. The third-order valence-electron chi connectivity index (χ3n) is 2.55. The van der Waals surface area contributed by atoms with Gasteiger partial charge in [0.2, 0.25) is 0 Å². The molecule has 1 aliphatic rings. The number of nitriles is 1. The van der Waals surface area contributed by atoms with Gasteiger partial charge in [-0.1, -0.05) is 0 Å². The van der Waals surface area contributed by atoms with Gasteiger partial charge >= 0.3 is 5.97 Å². The molecule has 0 saturated carbocycles. The highest BCUT2D eigenvalue weighted by Gasteiger charge is 2.19. The molecule has 0 atom stereocenters. The van der Waals surface area contributed by atoms with Gasteiger partial charge in [-0.05, 0) is 6.92 Å². The third kappa shape index (κ3) is 4.97. The molecule has 19 heavy (non-hydrogen) atoms. The molecule has 0 aromatic rings. The molecule has 0 spiro atoms. The minimum absolute atomic E-state index is 0.00815. The monoisotopic (exact) mass is 266 g/mol. The smallest absolute Gasteiger partial charge is 0.325 e. The average molecular weight is 266 g/mol. The summed E-state index contributed by atoms with van der Waals surface area (Å²) in [6.45, 7) is 4.55. The van der Waals surface area contributed by atoms with Gasteiger partial charge in [-0.15, -0.1) is 0 Å². The zero-order valence-electron chi connectivity index (χ0n) is 10.9. The predicted octanol–water partition coefficient (Wildman–Crippen LogP) is -1.02. The Bertz CT molecular complexity index is 394. The Kier molecular flexibility index (Phi) is 6.39. The summed E-state index contributed by atoms with van der Waals surface area (Å²) in [5.74, 6) is -0.744. The van der Waals surface area contributed by atoms with Crippen molar-refractivity contribution in [1.82, 2.24) is 15.5 Å². The molecule has 0 aromatic heterocycles. The van der Waals surface area contributed by atoms with E-state index in [0.717, 1.165) is 13.1 Å². The minimum Gasteiger partial charge on any atom is -0.465 e. The van der Waals surface area contributed by atoms with E-state index in [1.165, 1.54) is 6.20 Å². The summed E-state index contributed by atoms with van der Waals surface area (Å²) >= 11 is 0. The zero-order valence-corrected chi connectivity index (χ0v) is 10.9. The van der Waals surface area contributed by atoms with Crippen molar-refractivity contribution >= 4 is 11.9 Å². The van der Waals surface area contributed by atoms with Crippen LogP contribution < -0.4 is 10.6 Å². The largest absolute Gasteiger partial charge is 0.465 e. The zero-order chi connectivity index (χ0) is 14.1. The number of esters is 1. The lowest BCUT2D eigenvalue weighted by atomic mass is 10.2. The van der Waals surface area contributed by atoms with Crippen molar-refractivity contribution in [3.63, 3.8) is 0 Å². The number of piperazine rings is 1. The van der Waals surface area contributed by atoms with Crippen molar-refractivity contribution in [2.45, 2.75) is 6.92 Å². The molecule has 0 bridgehead atoms. The molecule has 104 valence electrons. The van der Waals surface area contributed by atoms with Crippen LogP contribution in [0.2, 0.25) is 0 Å². The highest BCUT2D eigenvalue weighted by molar-refractivity contribution is 5.97. The van der Waals surface area contributed by atoms with Gasteiger partial charge in [0.1, 0.15) is 18.2 Å². The normalized spacial score (nSPS) is 15.6. The number of hydrogen-bond acceptors (Lipinski definition) is 6. The molecule has 1 amide bonds. The van der Waals surface area contributed by atoms with Gasteiger partial charge in [0.25, 0.3) is 5.91 Å². The van der Waals surface area contributed by atoms with E-state index in [2.05, 4.69) is 10.6 Å². The first-order valence-electron chi connectivity index (χ1n) is 6.18. The Balaban J connectivity index is 2.49. The van der Waals surface area contributed by atoms with Gasteiger partial charge in [0.15, 0.2) is 0 Å². The van der Waals surface area contributed by atoms with E-state index in [4.69, 9.17) is 10.00 Å². The molecular weight excluding hydrogens is 248 g/mol. The lowest BCUT2D eigenvalue weighted by Gasteiger charge is -2.27. The Morgan fingerprint density at radius 1 is 1.47 bits per heavy atom. The van der Waals surface area contributed by atoms with Crippen molar-refractivity contribution in [2.75, 3.05) is 39.3 Å². The van der Waals surface area contributed by atoms with Crippen molar-refractivity contribution in [3.05, 3.63) is 11.8 Å². The maximum atomic E-state index is 12.0. The van der Waals surface area contributed by atoms with Crippen LogP contribution in [0.25, 0.3) is 0 Å². The van der Waals surface area contributed by atoms with Gasteiger partial charge in [0.05, 0.1) is 6.61 Å². The number of carbonyl (C=O) groups is 2. The molecule has 2 N–H and O–H groups in total. The van der Waals surface area contributed by atoms with Crippen LogP contribution in [0.1, 0.15) is 6.92 Å². The predicted molar refractivity (Wildman–Crippen MR) is 67.8 cm³/mol. The fraction of sp³-hybridized carbons (Fsp3) is 0.583. The molecule has 0 radical (unpaired) electrons. The van der Waals surface area contributed by atoms with Crippen molar-refractivity contribution < 1.29 is 14.3 Å². The van der Waals surface area contributed by atoms with Crippen LogP contribution in [0.15, 0.2) is 11.8 Å². The SMILES string of the molecule is CCOC(=O)CN/C=C(/C#N)C(=O)N1CCNCC1. The summed E-state index contributed by atoms with van der Waals surface area (Å²) in [5.41, 5.74) is -0.00815. The molecular formula is C12H18N4O3. The van der Waals surface area contributed by atoms with Crippen LogP contribution >= 0.6 is 0 Å². The van der Waals surface area contributed by atoms with Gasteiger partial charge < -0.3 is 20.3 Å². The summed E-state index contributed by atoms with van der Waals surface area (Å²) in [6, 6.07) is 1.84. The van der Waals surface area contributed by atoms with Crippen molar-refractivity contribution in [2.24, 2.45) is 0 Å². The molecule has 0 unspecified atom stereocenters. The first kappa shape index (κ1) is 15.0. The Morgan fingerprint density at radius 2 is 2.16 bits per heavy atom. The molecule has 7 nitrogen and oxygen atoms in total. The maximum absolute atomic E-state index is 12.0. The summed E-state index contributed by atoms with van der Waals surface area (Å²) < 4.78 is 4.72. The highest BCUT2D eigenvalue weighted by Crippen LogP contribution is 2.01. The van der Waals surface area contributed by atoms with Gasteiger partial charge in [-0.2, -0.15) is 5.26 Å². The van der Waals surface area contributed by atoms with Crippen molar-refractivity contribution in [3.8, 4) is 6.07 Å². The Morgan fingerprint density at radius 3 is 2.74 bits per heavy atom. The molecule has 1 saturated heterocycles. The first-order chi connectivity index (χ1) is 9.19. The Labute approximate surface area is 112 Å². The van der Waals surface area contributed by atoms with Crippen LogP contribution in [0.3, 0.4) is 0 Å². The fourth-order valence-electron chi connectivity index (χ4n) is 1.63. The molecule has 0 aromatic carbocycles. The van der Waals surface area contributed by atoms with Gasteiger partial charge in [0, 0.05) is 32.4 Å². The minimum atomic E-state index is -0.425. The third-order valence-corrected chi connectivity index (χ3v) is 2.55. The Hall–Kier alpha value is -2.07. The standard InChI is InChI=1S/C12H18N4O3/c1-2-19-11(17)9-15-8-10(7-13)12(18)16-5-3-14-4-6-16/h8,14-15H,2-6,9H2,1H3/b10-8-. The second-order valence-corrected chi connectivity index (χ2v) is 3.90. The van der Waals surface area contributed by atoms with E-state index < -0.39 is 5.97 Å². The first-order valence-corrected chi connectivity index (χ1v) is 6.18. The quantitative estimate of drug-likeness (QED) is 0.376. The topological polar surface area (TPSA) is 94.5 Å². The van der Waals surface area contributed by atoms with Crippen LogP contribution in [0.5, 0.6) is 0 Å². The fourth-order valence-corrected chi connectivity index (χ4v) is 1.63. The second-order valence-electron chi connectivity index (χ2n) is 3.90. The lowest BCUT2D eigenvalue weighted by Crippen LogP contribution is -2.47. The van der Waals surface area contributed by atoms with Gasteiger partial charge in [-0.3, -0.25) is 9.59 Å². The van der Waals surface area contributed by atoms with Crippen LogP contribution in [-0.2, 0) is 14.3 Å². The van der Waals surface area contributed by atoms with E-state index in [9.17, 15) is 9.59 Å². The summed E-state index contributed by atoms with van der Waals surface area (Å²) in [4.78, 5) is 24.7. The summed E-state index contributed by atoms with van der Waals surface area (Å²) in [5, 5.41) is 14.7. The maximum Gasteiger partial charge on any atom is 0.325 e. The van der Waals surface area contributed by atoms with E-state index in [1.807, 2.05) is 6.07 Å². The van der Waals surface area contributed by atoms with Gasteiger partial charge in [-0.25, -0.2) is 0 Å². The average Bonchev–Trinajstić information content (AvgIpc) is 2.44. The number of rotatable bonds is 5. The number of nitrogens with one attached hydrogen (secondary N) is 2. The van der Waals surface area contributed by atoms with E-state index in [0.29, 0.717) is 19.7 Å². The van der Waals surface area contributed by atoms with Crippen LogP contribution in [0, 0.1) is 11.3 Å². The lowest BCUT2D eigenvalue weighted by molar-refractivity contribution is -0.141.